The topological polar surface area (TPSA) is 37.8 Å². The van der Waals surface area contributed by atoms with E-state index in [2.05, 4.69) is 55.0 Å². The van der Waals surface area contributed by atoms with Crippen molar-refractivity contribution in [1.29, 1.82) is 0 Å². The Labute approximate surface area is 113 Å². The van der Waals surface area contributed by atoms with Gasteiger partial charge in [-0.1, -0.05) is 0 Å². The number of aromatic nitrogens is 2. The number of halogens is 1. The molecule has 1 N–H and O–H groups in total. The molecule has 2 aromatic rings. The smallest absolute Gasteiger partial charge is 0.131 e. The first kappa shape index (κ1) is 12.5. The van der Waals surface area contributed by atoms with Gasteiger partial charge in [0.2, 0.25) is 0 Å². The van der Waals surface area contributed by atoms with Gasteiger partial charge in [-0.3, -0.25) is 0 Å². The van der Waals surface area contributed by atoms with Gasteiger partial charge in [-0.2, -0.15) is 11.3 Å². The maximum absolute atomic E-state index is 4.35. The number of hydrogen-bond acceptors (Lipinski definition) is 4. The molecule has 0 aliphatic carbocycles. The zero-order valence-electron chi connectivity index (χ0n) is 9.77. The van der Waals surface area contributed by atoms with Crippen molar-refractivity contribution in [2.24, 2.45) is 0 Å². The van der Waals surface area contributed by atoms with Gasteiger partial charge in [0.15, 0.2) is 0 Å². The Balaban J connectivity index is 2.00. The van der Waals surface area contributed by atoms with Gasteiger partial charge in [-0.25, -0.2) is 9.97 Å². The first-order valence-electron chi connectivity index (χ1n) is 5.42. The van der Waals surface area contributed by atoms with E-state index >= 15 is 0 Å². The highest BCUT2D eigenvalue weighted by atomic mass is 79.9. The molecule has 0 aliphatic heterocycles. The van der Waals surface area contributed by atoms with Gasteiger partial charge in [-0.05, 0) is 58.6 Å². The van der Waals surface area contributed by atoms with Crippen molar-refractivity contribution in [3.8, 4) is 0 Å². The maximum atomic E-state index is 4.35. The standard InChI is InChI=1S/C12H14BrN3S/c1-8(5-10-3-4-17-7-10)14-12-6-11(13)15-9(2)16-12/h3-4,6-8H,5H2,1-2H3,(H,14,15,16). The van der Waals surface area contributed by atoms with Crippen molar-refractivity contribution in [2.75, 3.05) is 5.32 Å². The van der Waals surface area contributed by atoms with Gasteiger partial charge in [-0.15, -0.1) is 0 Å². The van der Waals surface area contributed by atoms with Crippen molar-refractivity contribution in [3.63, 3.8) is 0 Å². The van der Waals surface area contributed by atoms with E-state index in [1.807, 2.05) is 13.0 Å². The molecule has 1 unspecified atom stereocenters. The summed E-state index contributed by atoms with van der Waals surface area (Å²) < 4.78 is 0.815. The van der Waals surface area contributed by atoms with Crippen molar-refractivity contribution in [2.45, 2.75) is 26.3 Å². The van der Waals surface area contributed by atoms with Crippen LogP contribution in [0, 0.1) is 6.92 Å². The largest absolute Gasteiger partial charge is 0.367 e. The van der Waals surface area contributed by atoms with Gasteiger partial charge in [0, 0.05) is 12.1 Å². The quantitative estimate of drug-likeness (QED) is 0.876. The SMILES string of the molecule is Cc1nc(Br)cc(NC(C)Cc2ccsc2)n1. The molecule has 5 heteroatoms. The molecule has 90 valence electrons. The third-order valence-corrected chi connectivity index (χ3v) is 3.46. The van der Waals surface area contributed by atoms with Gasteiger partial charge >= 0.3 is 0 Å². The second kappa shape index (κ2) is 5.60. The second-order valence-electron chi connectivity index (χ2n) is 4.00. The first-order chi connectivity index (χ1) is 8.13. The summed E-state index contributed by atoms with van der Waals surface area (Å²) >= 11 is 5.11. The lowest BCUT2D eigenvalue weighted by molar-refractivity contribution is 0.783. The van der Waals surface area contributed by atoms with Crippen LogP contribution in [-0.2, 0) is 6.42 Å². The highest BCUT2D eigenvalue weighted by Gasteiger charge is 2.06. The Morgan fingerprint density at radius 1 is 1.47 bits per heavy atom. The molecule has 0 spiro atoms. The number of anilines is 1. The molecular formula is C12H14BrN3S. The first-order valence-corrected chi connectivity index (χ1v) is 7.16. The highest BCUT2D eigenvalue weighted by Crippen LogP contribution is 2.15. The van der Waals surface area contributed by atoms with Crippen LogP contribution in [0.4, 0.5) is 5.82 Å². The van der Waals surface area contributed by atoms with Gasteiger partial charge in [0.05, 0.1) is 0 Å². The Kier molecular flexibility index (Phi) is 4.12. The summed E-state index contributed by atoms with van der Waals surface area (Å²) in [5.41, 5.74) is 1.36. The fourth-order valence-corrected chi connectivity index (χ4v) is 2.83. The minimum absolute atomic E-state index is 0.353. The molecule has 3 nitrogen and oxygen atoms in total. The Morgan fingerprint density at radius 3 is 2.94 bits per heavy atom. The molecule has 0 fully saturated rings. The number of nitrogens with one attached hydrogen (secondary N) is 1. The van der Waals surface area contributed by atoms with Crippen molar-refractivity contribution in [1.82, 2.24) is 9.97 Å². The molecule has 2 aromatic heterocycles. The van der Waals surface area contributed by atoms with Crippen LogP contribution < -0.4 is 5.32 Å². The third-order valence-electron chi connectivity index (χ3n) is 2.32. The van der Waals surface area contributed by atoms with Crippen LogP contribution in [0.15, 0.2) is 27.5 Å². The number of aryl methyl sites for hydroxylation is 1. The van der Waals surface area contributed by atoms with E-state index < -0.39 is 0 Å². The van der Waals surface area contributed by atoms with E-state index in [4.69, 9.17) is 0 Å². The number of thiophene rings is 1. The van der Waals surface area contributed by atoms with Gasteiger partial charge in [0.25, 0.3) is 0 Å². The maximum Gasteiger partial charge on any atom is 0.131 e. The lowest BCUT2D eigenvalue weighted by atomic mass is 10.1. The predicted octanol–water partition coefficient (Wildman–Crippen LogP) is 3.65. The molecule has 1 atom stereocenters. The lowest BCUT2D eigenvalue weighted by Crippen LogP contribution is -2.18. The molecule has 0 aliphatic rings. The molecule has 0 saturated carbocycles. The number of hydrogen-bond donors (Lipinski definition) is 1. The predicted molar refractivity (Wildman–Crippen MR) is 75.6 cm³/mol. The van der Waals surface area contributed by atoms with E-state index in [1.54, 1.807) is 11.3 Å². The van der Waals surface area contributed by atoms with E-state index in [-0.39, 0.29) is 0 Å². The minimum Gasteiger partial charge on any atom is -0.367 e. The summed E-state index contributed by atoms with van der Waals surface area (Å²) in [4.78, 5) is 8.54. The molecule has 0 aromatic carbocycles. The molecule has 0 saturated heterocycles. The van der Waals surface area contributed by atoms with Crippen LogP contribution in [0.5, 0.6) is 0 Å². The lowest BCUT2D eigenvalue weighted by Gasteiger charge is -2.14. The van der Waals surface area contributed by atoms with Crippen molar-refractivity contribution in [3.05, 3.63) is 38.9 Å². The van der Waals surface area contributed by atoms with E-state index in [0.29, 0.717) is 6.04 Å². The van der Waals surface area contributed by atoms with Crippen LogP contribution in [0.3, 0.4) is 0 Å². The second-order valence-corrected chi connectivity index (χ2v) is 5.60. The van der Waals surface area contributed by atoms with Crippen LogP contribution in [0.25, 0.3) is 0 Å². The summed E-state index contributed by atoms with van der Waals surface area (Å²) in [6.07, 6.45) is 1.00. The Hall–Kier alpha value is -0.940. The van der Waals surface area contributed by atoms with E-state index in [9.17, 15) is 0 Å². The van der Waals surface area contributed by atoms with E-state index in [0.717, 1.165) is 22.7 Å². The molecule has 17 heavy (non-hydrogen) atoms. The molecular weight excluding hydrogens is 298 g/mol. The fourth-order valence-electron chi connectivity index (χ4n) is 1.67. The third kappa shape index (κ3) is 3.78. The summed E-state index contributed by atoms with van der Waals surface area (Å²) in [5.74, 6) is 1.64. The minimum atomic E-state index is 0.353. The average Bonchev–Trinajstić information content (AvgIpc) is 2.67. The summed E-state index contributed by atoms with van der Waals surface area (Å²) in [7, 11) is 0. The summed E-state index contributed by atoms with van der Waals surface area (Å²) in [6, 6.07) is 4.41. The van der Waals surface area contributed by atoms with Gasteiger partial charge in [0.1, 0.15) is 16.2 Å². The summed E-state index contributed by atoms with van der Waals surface area (Å²) in [5, 5.41) is 7.67. The zero-order chi connectivity index (χ0) is 12.3. The normalized spacial score (nSPS) is 12.4. The Morgan fingerprint density at radius 2 is 2.29 bits per heavy atom. The highest BCUT2D eigenvalue weighted by molar-refractivity contribution is 9.10. The van der Waals surface area contributed by atoms with Crippen molar-refractivity contribution >= 4 is 33.1 Å². The molecule has 0 amide bonds. The van der Waals surface area contributed by atoms with E-state index in [1.165, 1.54) is 5.56 Å². The molecule has 2 heterocycles. The molecule has 0 radical (unpaired) electrons. The van der Waals surface area contributed by atoms with Crippen LogP contribution in [-0.4, -0.2) is 16.0 Å². The molecule has 0 bridgehead atoms. The summed E-state index contributed by atoms with van der Waals surface area (Å²) in [6.45, 7) is 4.04. The monoisotopic (exact) mass is 311 g/mol. The molecule has 2 rings (SSSR count). The fraction of sp³-hybridized carbons (Fsp3) is 0.333. The number of nitrogens with zero attached hydrogens (tertiary/aromatic N) is 2. The Bertz CT molecular complexity index is 464. The van der Waals surface area contributed by atoms with Crippen molar-refractivity contribution < 1.29 is 0 Å². The van der Waals surface area contributed by atoms with Gasteiger partial charge < -0.3 is 5.32 Å². The van der Waals surface area contributed by atoms with Crippen LogP contribution >= 0.6 is 27.3 Å². The number of rotatable bonds is 4. The van der Waals surface area contributed by atoms with Crippen LogP contribution in [0.1, 0.15) is 18.3 Å². The zero-order valence-corrected chi connectivity index (χ0v) is 12.2. The average molecular weight is 312 g/mol. The van der Waals surface area contributed by atoms with Crippen LogP contribution in [0.2, 0.25) is 0 Å².